The van der Waals surface area contributed by atoms with E-state index in [1.165, 1.54) is 22.2 Å². The van der Waals surface area contributed by atoms with Gasteiger partial charge in [-0.3, -0.25) is 4.90 Å². The third-order valence-corrected chi connectivity index (χ3v) is 5.86. The molecule has 0 aromatic carbocycles. The van der Waals surface area contributed by atoms with Crippen molar-refractivity contribution in [3.8, 4) is 0 Å². The quantitative estimate of drug-likeness (QED) is 0.834. The van der Waals surface area contributed by atoms with Gasteiger partial charge in [0, 0.05) is 40.2 Å². The fourth-order valence-electron chi connectivity index (χ4n) is 3.08. The van der Waals surface area contributed by atoms with Crippen molar-refractivity contribution in [3.05, 3.63) is 20.8 Å². The second-order valence-electron chi connectivity index (χ2n) is 5.49. The summed E-state index contributed by atoms with van der Waals surface area (Å²) in [5.41, 5.74) is 0. The molecule has 3 nitrogen and oxygen atoms in total. The lowest BCUT2D eigenvalue weighted by atomic mass is 9.89. The fourth-order valence-corrected chi connectivity index (χ4v) is 4.59. The lowest BCUT2D eigenvalue weighted by Gasteiger charge is -2.38. The molecule has 0 bridgehead atoms. The van der Waals surface area contributed by atoms with Crippen LogP contribution in [0.15, 0.2) is 15.9 Å². The smallest absolute Gasteiger partial charge is 0.168 e. The minimum atomic E-state index is -0.233. The van der Waals surface area contributed by atoms with Crippen LogP contribution in [0.1, 0.15) is 30.6 Å². The maximum Gasteiger partial charge on any atom is 0.168 e. The summed E-state index contributed by atoms with van der Waals surface area (Å²) in [5, 5.41) is 2.15. The first-order valence-corrected chi connectivity index (χ1v) is 8.55. The zero-order valence-electron chi connectivity index (χ0n) is 11.2. The van der Waals surface area contributed by atoms with Crippen LogP contribution in [0.5, 0.6) is 0 Å². The van der Waals surface area contributed by atoms with Gasteiger partial charge in [-0.15, -0.1) is 11.3 Å². The molecule has 5 heteroatoms. The van der Waals surface area contributed by atoms with E-state index >= 15 is 0 Å². The third kappa shape index (κ3) is 3.22. The first-order valence-electron chi connectivity index (χ1n) is 6.88. The molecular weight excluding hydrogens is 326 g/mol. The van der Waals surface area contributed by atoms with Crippen LogP contribution in [0.4, 0.5) is 0 Å². The van der Waals surface area contributed by atoms with E-state index in [1.54, 1.807) is 0 Å². The molecule has 0 atom stereocenters. The number of rotatable bonds is 3. The van der Waals surface area contributed by atoms with Crippen LogP contribution in [0.3, 0.4) is 0 Å². The minimum absolute atomic E-state index is 0.233. The second kappa shape index (κ2) is 5.82. The van der Waals surface area contributed by atoms with Crippen molar-refractivity contribution in [1.29, 1.82) is 0 Å². The van der Waals surface area contributed by atoms with Crippen LogP contribution in [0, 0.1) is 0 Å². The highest BCUT2D eigenvalue weighted by molar-refractivity contribution is 9.10. The average molecular weight is 346 g/mol. The normalized spacial score (nSPS) is 23.5. The van der Waals surface area contributed by atoms with E-state index < -0.39 is 0 Å². The van der Waals surface area contributed by atoms with Gasteiger partial charge < -0.3 is 9.47 Å². The summed E-state index contributed by atoms with van der Waals surface area (Å²) in [7, 11) is 2.23. The van der Waals surface area contributed by atoms with E-state index in [9.17, 15) is 0 Å². The molecular formula is C14H20BrNO2S. The molecule has 19 heavy (non-hydrogen) atoms. The molecule has 2 fully saturated rings. The van der Waals surface area contributed by atoms with Gasteiger partial charge in [-0.2, -0.15) is 0 Å². The van der Waals surface area contributed by atoms with E-state index in [0.717, 1.165) is 32.6 Å². The topological polar surface area (TPSA) is 21.7 Å². The van der Waals surface area contributed by atoms with E-state index in [4.69, 9.17) is 9.47 Å². The predicted octanol–water partition coefficient (Wildman–Crippen LogP) is 3.63. The van der Waals surface area contributed by atoms with Gasteiger partial charge in [-0.25, -0.2) is 0 Å². The molecule has 2 aliphatic rings. The van der Waals surface area contributed by atoms with Crippen molar-refractivity contribution < 1.29 is 9.47 Å². The highest BCUT2D eigenvalue weighted by Gasteiger charge is 2.40. The highest BCUT2D eigenvalue weighted by atomic mass is 79.9. The predicted molar refractivity (Wildman–Crippen MR) is 80.4 cm³/mol. The van der Waals surface area contributed by atoms with Gasteiger partial charge >= 0.3 is 0 Å². The number of nitrogens with zero attached hydrogens (tertiary/aromatic N) is 1. The van der Waals surface area contributed by atoms with Crippen LogP contribution in [0.2, 0.25) is 0 Å². The molecule has 2 heterocycles. The van der Waals surface area contributed by atoms with E-state index in [0.29, 0.717) is 6.04 Å². The Morgan fingerprint density at radius 3 is 2.63 bits per heavy atom. The molecule has 0 radical (unpaired) electrons. The molecule has 0 amide bonds. The summed E-state index contributed by atoms with van der Waals surface area (Å²) in [6, 6.07) is 2.87. The van der Waals surface area contributed by atoms with Gasteiger partial charge in [-0.1, -0.05) is 0 Å². The Morgan fingerprint density at radius 2 is 2.05 bits per heavy atom. The second-order valence-corrected chi connectivity index (χ2v) is 7.40. The van der Waals surface area contributed by atoms with Crippen molar-refractivity contribution in [2.45, 2.75) is 44.1 Å². The third-order valence-electron chi connectivity index (χ3n) is 4.18. The maximum absolute atomic E-state index is 5.79. The van der Waals surface area contributed by atoms with Crippen molar-refractivity contribution in [2.24, 2.45) is 0 Å². The van der Waals surface area contributed by atoms with Crippen LogP contribution >= 0.6 is 27.3 Å². The van der Waals surface area contributed by atoms with E-state index in [2.05, 4.69) is 39.3 Å². The zero-order valence-corrected chi connectivity index (χ0v) is 13.6. The van der Waals surface area contributed by atoms with Gasteiger partial charge in [-0.05, 0) is 41.9 Å². The Hall–Kier alpha value is 0.0600. The number of hydrogen-bond donors (Lipinski definition) is 0. The Labute approximate surface area is 127 Å². The van der Waals surface area contributed by atoms with Crippen LogP contribution in [-0.4, -0.2) is 37.0 Å². The molecule has 106 valence electrons. The van der Waals surface area contributed by atoms with Crippen LogP contribution in [0.25, 0.3) is 0 Å². The molecule has 1 saturated carbocycles. The molecule has 3 rings (SSSR count). The van der Waals surface area contributed by atoms with Gasteiger partial charge in [0.1, 0.15) is 0 Å². The number of hydrogen-bond acceptors (Lipinski definition) is 4. The summed E-state index contributed by atoms with van der Waals surface area (Å²) in [5.74, 6) is -0.233. The van der Waals surface area contributed by atoms with Gasteiger partial charge in [0.25, 0.3) is 0 Å². The molecule has 1 aliphatic carbocycles. The largest absolute Gasteiger partial charge is 0.348 e. The van der Waals surface area contributed by atoms with E-state index in [-0.39, 0.29) is 5.79 Å². The molecule has 0 N–H and O–H groups in total. The summed E-state index contributed by atoms with van der Waals surface area (Å²) in [6.45, 7) is 2.57. The van der Waals surface area contributed by atoms with Crippen molar-refractivity contribution in [2.75, 3.05) is 20.3 Å². The minimum Gasteiger partial charge on any atom is -0.348 e. The van der Waals surface area contributed by atoms with Crippen molar-refractivity contribution >= 4 is 27.3 Å². The molecule has 1 aromatic rings. The molecule has 1 saturated heterocycles. The maximum atomic E-state index is 5.79. The van der Waals surface area contributed by atoms with Gasteiger partial charge in [0.15, 0.2) is 5.79 Å². The Bertz CT molecular complexity index is 421. The summed E-state index contributed by atoms with van der Waals surface area (Å²) in [4.78, 5) is 3.89. The Balaban J connectivity index is 1.53. The highest BCUT2D eigenvalue weighted by Crippen LogP contribution is 2.37. The van der Waals surface area contributed by atoms with Crippen molar-refractivity contribution in [1.82, 2.24) is 4.90 Å². The lowest BCUT2D eigenvalue weighted by Crippen LogP contribution is -2.42. The standard InChI is InChI=1S/C14H20BrNO2S/c1-16(9-13-8-11(15)10-19-13)12-2-4-14(5-3-12)17-6-7-18-14/h8,10,12H,2-7,9H2,1H3. The average Bonchev–Trinajstić information content (AvgIpc) is 3.00. The van der Waals surface area contributed by atoms with Gasteiger partial charge in [0.2, 0.25) is 0 Å². The lowest BCUT2D eigenvalue weighted by molar-refractivity contribution is -0.183. The number of ether oxygens (including phenoxy) is 2. The monoisotopic (exact) mass is 345 g/mol. The molecule has 0 unspecified atom stereocenters. The number of thiophene rings is 1. The molecule has 1 aliphatic heterocycles. The Kier molecular flexibility index (Phi) is 4.29. The first kappa shape index (κ1) is 14.0. The van der Waals surface area contributed by atoms with Gasteiger partial charge in [0.05, 0.1) is 13.2 Å². The summed E-state index contributed by atoms with van der Waals surface area (Å²) >= 11 is 5.34. The van der Waals surface area contributed by atoms with Crippen molar-refractivity contribution in [3.63, 3.8) is 0 Å². The summed E-state index contributed by atoms with van der Waals surface area (Å²) in [6.07, 6.45) is 4.42. The first-order chi connectivity index (χ1) is 9.17. The molecule has 1 aromatic heterocycles. The SMILES string of the molecule is CN(Cc1cc(Br)cs1)C1CCC2(CC1)OCCO2. The Morgan fingerprint density at radius 1 is 1.37 bits per heavy atom. The summed E-state index contributed by atoms with van der Waals surface area (Å²) < 4.78 is 12.8. The van der Waals surface area contributed by atoms with E-state index in [1.807, 2.05) is 11.3 Å². The fraction of sp³-hybridized carbons (Fsp3) is 0.714. The number of halogens is 1. The molecule has 1 spiro atoms. The van der Waals surface area contributed by atoms with Crippen LogP contribution < -0.4 is 0 Å². The van der Waals surface area contributed by atoms with Crippen LogP contribution in [-0.2, 0) is 16.0 Å². The zero-order chi connectivity index (χ0) is 13.3.